The van der Waals surface area contributed by atoms with Crippen molar-refractivity contribution in [2.45, 2.75) is 31.0 Å². The van der Waals surface area contributed by atoms with Crippen molar-refractivity contribution < 1.29 is 84.4 Å². The molecule has 3 aromatic carbocycles. The third-order valence-electron chi connectivity index (χ3n) is 6.29. The Balaban J connectivity index is 1.55. The van der Waals surface area contributed by atoms with E-state index in [2.05, 4.69) is 0 Å². The second kappa shape index (κ2) is 12.2. The van der Waals surface area contributed by atoms with Gasteiger partial charge in [0.05, 0.1) is 22.8 Å². The maximum atomic E-state index is 12.9. The third-order valence-corrected chi connectivity index (χ3v) is 6.29. The Hall–Kier alpha value is -5.81. The topological polar surface area (TPSA) is 290 Å². The molecule has 0 aliphatic carbocycles. The Kier molecular flexibility index (Phi) is 8.63. The van der Waals surface area contributed by atoms with Gasteiger partial charge in [0.2, 0.25) is 0 Å². The van der Waals surface area contributed by atoms with Crippen LogP contribution in [0.4, 0.5) is 0 Å². The van der Waals surface area contributed by atoms with Gasteiger partial charge in [-0.15, -0.1) is 0 Å². The molecule has 1 saturated heterocycles. The second-order valence-corrected chi connectivity index (χ2v) is 9.39. The molecule has 1 aliphatic rings. The zero-order valence-electron chi connectivity index (χ0n) is 22.0. The first kappa shape index (κ1) is 31.1. The number of carbonyl (C=O) groups is 3. The number of phenolic OH excluding ortho intramolecular Hbond substituents is 9. The summed E-state index contributed by atoms with van der Waals surface area (Å²) in [6, 6.07) is 4.57. The number of benzene rings is 3. The molecule has 17 nitrogen and oxygen atoms in total. The van der Waals surface area contributed by atoms with Crippen LogP contribution in [0.3, 0.4) is 0 Å². The number of ether oxygens (including phenoxy) is 4. The van der Waals surface area contributed by atoms with Crippen molar-refractivity contribution in [1.29, 1.82) is 0 Å². The van der Waals surface area contributed by atoms with E-state index in [9.17, 15) is 65.4 Å². The van der Waals surface area contributed by atoms with Crippen LogP contribution in [0.15, 0.2) is 36.4 Å². The first-order valence-corrected chi connectivity index (χ1v) is 12.3. The fourth-order valence-corrected chi connectivity index (χ4v) is 4.08. The summed E-state index contributed by atoms with van der Waals surface area (Å²) in [6.07, 6.45) is -7.12. The molecule has 1 fully saturated rings. The van der Waals surface area contributed by atoms with E-state index in [1.165, 1.54) is 0 Å². The van der Waals surface area contributed by atoms with Crippen molar-refractivity contribution in [3.05, 3.63) is 53.1 Å². The minimum atomic E-state index is -2.06. The van der Waals surface area contributed by atoms with E-state index in [0.717, 1.165) is 36.4 Å². The Labute approximate surface area is 245 Å². The van der Waals surface area contributed by atoms with Crippen molar-refractivity contribution in [3.8, 4) is 51.7 Å². The molecule has 4 atom stereocenters. The molecular weight excluding hydrogens is 596 g/mol. The predicted molar refractivity (Wildman–Crippen MR) is 138 cm³/mol. The number of aromatic hydroxyl groups is 9. The van der Waals surface area contributed by atoms with Crippen LogP contribution in [-0.4, -0.2) is 100 Å². The molecule has 234 valence electrons. The summed E-state index contributed by atoms with van der Waals surface area (Å²) in [4.78, 5) is 38.1. The van der Waals surface area contributed by atoms with Crippen molar-refractivity contribution in [3.63, 3.8) is 0 Å². The van der Waals surface area contributed by atoms with Crippen LogP contribution >= 0.6 is 0 Å². The number of phenols is 9. The van der Waals surface area contributed by atoms with Crippen molar-refractivity contribution in [2.24, 2.45) is 0 Å². The molecule has 0 bridgehead atoms. The molecule has 10 N–H and O–H groups in total. The summed E-state index contributed by atoms with van der Waals surface area (Å²) in [7, 11) is 0. The smallest absolute Gasteiger partial charge is 0.339 e. The van der Waals surface area contributed by atoms with Gasteiger partial charge in [0.25, 0.3) is 0 Å². The van der Waals surface area contributed by atoms with Crippen molar-refractivity contribution >= 4 is 17.9 Å². The van der Waals surface area contributed by atoms with Gasteiger partial charge in [0, 0.05) is 6.42 Å². The van der Waals surface area contributed by atoms with Crippen molar-refractivity contribution in [1.82, 2.24) is 0 Å². The van der Waals surface area contributed by atoms with E-state index in [1.54, 1.807) is 0 Å². The second-order valence-electron chi connectivity index (χ2n) is 9.39. The van der Waals surface area contributed by atoms with Crippen LogP contribution in [-0.2, 0) is 18.9 Å². The molecule has 0 spiro atoms. The summed E-state index contributed by atoms with van der Waals surface area (Å²) in [5.41, 5.74) is -1.36. The highest BCUT2D eigenvalue weighted by molar-refractivity contribution is 5.92. The Morgan fingerprint density at radius 3 is 1.39 bits per heavy atom. The Morgan fingerprint density at radius 1 is 0.614 bits per heavy atom. The zero-order chi connectivity index (χ0) is 32.5. The summed E-state index contributed by atoms with van der Waals surface area (Å²) >= 11 is 0. The molecule has 1 heterocycles. The average Bonchev–Trinajstić information content (AvgIpc) is 2.96. The molecule has 17 heteroatoms. The van der Waals surface area contributed by atoms with Crippen LogP contribution in [0.25, 0.3) is 0 Å². The lowest BCUT2D eigenvalue weighted by molar-refractivity contribution is -0.251. The molecule has 0 amide bonds. The number of aliphatic hydroxyl groups excluding tert-OH is 1. The number of aliphatic hydroxyl groups is 1. The van der Waals surface area contributed by atoms with Crippen molar-refractivity contribution in [2.75, 3.05) is 6.61 Å². The van der Waals surface area contributed by atoms with E-state index in [1.807, 2.05) is 0 Å². The molecule has 1 aliphatic heterocycles. The maximum absolute atomic E-state index is 12.9. The number of esters is 3. The standard InChI is InChI=1S/C27H24O17/c28-13-1-9(2-14(29)20(13)34)24(37)41-8-12-7-19(43-25(38)10-3-15(30)21(35)16(31)4-10)23(27(40)42-12)44-26(39)11-5-17(32)22(36)18(33)6-11/h1-6,12,19,23,27-36,40H,7-8H2/t12-,19-,23+,27+/m0/s1. The third kappa shape index (κ3) is 6.48. The zero-order valence-corrected chi connectivity index (χ0v) is 22.0. The van der Waals surface area contributed by atoms with Crippen LogP contribution in [0.5, 0.6) is 51.7 Å². The molecule has 3 aromatic rings. The van der Waals surface area contributed by atoms with Gasteiger partial charge in [-0.05, 0) is 36.4 Å². The fourth-order valence-electron chi connectivity index (χ4n) is 4.08. The maximum Gasteiger partial charge on any atom is 0.339 e. The van der Waals surface area contributed by atoms with Gasteiger partial charge in [0.15, 0.2) is 64.1 Å². The minimum Gasteiger partial charge on any atom is -0.504 e. The summed E-state index contributed by atoms with van der Waals surface area (Å²) in [5, 5.41) is 97.4. The van der Waals surface area contributed by atoms with E-state index < -0.39 is 118 Å². The van der Waals surface area contributed by atoms with E-state index in [-0.39, 0.29) is 5.56 Å². The Morgan fingerprint density at radius 2 is 0.977 bits per heavy atom. The van der Waals surface area contributed by atoms with E-state index in [0.29, 0.717) is 0 Å². The number of hydrogen-bond acceptors (Lipinski definition) is 17. The van der Waals surface area contributed by atoms with Gasteiger partial charge in [-0.2, -0.15) is 0 Å². The Bertz CT molecular complexity index is 1550. The summed E-state index contributed by atoms with van der Waals surface area (Å²) in [6.45, 7) is -0.631. The SMILES string of the molecule is O=C(OC[C@@H]1C[C@H](OC(=O)c2cc(O)c(O)c(O)c2)[C@@H](OC(=O)c2cc(O)c(O)c(O)c2)[C@H](O)O1)c1cc(O)c(O)c(O)c1. The lowest BCUT2D eigenvalue weighted by atomic mass is 10.0. The fraction of sp³-hybridized carbons (Fsp3) is 0.222. The largest absolute Gasteiger partial charge is 0.504 e. The molecular formula is C27H24O17. The van der Waals surface area contributed by atoms with Crippen LogP contribution in [0.1, 0.15) is 37.5 Å². The first-order chi connectivity index (χ1) is 20.7. The quantitative estimate of drug-likeness (QED) is 0.0990. The first-order valence-electron chi connectivity index (χ1n) is 12.3. The van der Waals surface area contributed by atoms with Crippen LogP contribution < -0.4 is 0 Å². The predicted octanol–water partition coefficient (Wildman–Crippen LogP) is 0.752. The van der Waals surface area contributed by atoms with Gasteiger partial charge in [-0.25, -0.2) is 14.4 Å². The minimum absolute atomic E-state index is 0.378. The molecule has 0 saturated carbocycles. The van der Waals surface area contributed by atoms with Gasteiger partial charge in [0.1, 0.15) is 12.7 Å². The summed E-state index contributed by atoms with van der Waals surface area (Å²) < 4.78 is 21.0. The highest BCUT2D eigenvalue weighted by Crippen LogP contribution is 2.38. The van der Waals surface area contributed by atoms with Gasteiger partial charge in [-0.3, -0.25) is 0 Å². The normalized spacial score (nSPS) is 19.6. The lowest BCUT2D eigenvalue weighted by Crippen LogP contribution is -2.53. The number of rotatable bonds is 7. The van der Waals surface area contributed by atoms with Gasteiger partial charge < -0.3 is 70.0 Å². The average molecular weight is 620 g/mol. The van der Waals surface area contributed by atoms with Crippen LogP contribution in [0.2, 0.25) is 0 Å². The lowest BCUT2D eigenvalue weighted by Gasteiger charge is -2.38. The molecule has 0 aromatic heterocycles. The molecule has 0 unspecified atom stereocenters. The highest BCUT2D eigenvalue weighted by atomic mass is 16.7. The van der Waals surface area contributed by atoms with E-state index >= 15 is 0 Å². The van der Waals surface area contributed by atoms with Gasteiger partial charge in [-0.1, -0.05) is 0 Å². The van der Waals surface area contributed by atoms with Crippen LogP contribution in [0, 0.1) is 0 Å². The molecule has 4 rings (SSSR count). The highest BCUT2D eigenvalue weighted by Gasteiger charge is 2.44. The monoisotopic (exact) mass is 620 g/mol. The number of hydrogen-bond donors (Lipinski definition) is 10. The van der Waals surface area contributed by atoms with E-state index in [4.69, 9.17) is 18.9 Å². The number of carbonyl (C=O) groups excluding carboxylic acids is 3. The molecule has 44 heavy (non-hydrogen) atoms. The molecule has 0 radical (unpaired) electrons. The van der Waals surface area contributed by atoms with Gasteiger partial charge >= 0.3 is 17.9 Å². The summed E-state index contributed by atoms with van der Waals surface area (Å²) in [5.74, 6) is -11.5.